The lowest BCUT2D eigenvalue weighted by Gasteiger charge is -2.22. The second-order valence-electron chi connectivity index (χ2n) is 4.21. The highest BCUT2D eigenvalue weighted by Crippen LogP contribution is 2.43. The van der Waals surface area contributed by atoms with E-state index in [1.165, 1.54) is 12.8 Å². The zero-order valence-corrected chi connectivity index (χ0v) is 8.91. The maximum absolute atomic E-state index is 6.26. The summed E-state index contributed by atoms with van der Waals surface area (Å²) < 4.78 is 1.93. The second kappa shape index (κ2) is 2.95. The van der Waals surface area contributed by atoms with E-state index < -0.39 is 0 Å². The molecule has 1 fully saturated rings. The first-order valence-corrected chi connectivity index (χ1v) is 4.94. The lowest BCUT2D eigenvalue weighted by atomic mass is 9.96. The third-order valence-electron chi connectivity index (χ3n) is 3.01. The molecule has 0 radical (unpaired) electrons. The van der Waals surface area contributed by atoms with E-state index in [-0.39, 0.29) is 5.54 Å². The van der Waals surface area contributed by atoms with Crippen LogP contribution >= 0.6 is 0 Å². The Kier molecular flexibility index (Phi) is 1.99. The number of nitrogens with one attached hydrogen (secondary N) is 1. The van der Waals surface area contributed by atoms with E-state index in [0.29, 0.717) is 5.92 Å². The largest absolute Gasteiger partial charge is 0.357 e. The molecule has 1 saturated carbocycles. The number of anilines is 1. The maximum atomic E-state index is 6.26. The highest BCUT2D eigenvalue weighted by Gasteiger charge is 2.43. The number of hydrogen-bond donors (Lipinski definition) is 2. The van der Waals surface area contributed by atoms with E-state index in [9.17, 15) is 0 Å². The van der Waals surface area contributed by atoms with Crippen molar-refractivity contribution in [2.75, 3.05) is 12.4 Å². The third kappa shape index (κ3) is 1.28. The van der Waals surface area contributed by atoms with Gasteiger partial charge in [-0.3, -0.25) is 4.57 Å². The van der Waals surface area contributed by atoms with Crippen molar-refractivity contribution in [1.29, 1.82) is 0 Å². The minimum Gasteiger partial charge on any atom is -0.357 e. The van der Waals surface area contributed by atoms with E-state index in [4.69, 9.17) is 5.73 Å². The molecule has 1 atom stereocenters. The molecule has 2 rings (SSSR count). The van der Waals surface area contributed by atoms with E-state index >= 15 is 0 Å². The molecule has 0 aromatic carbocycles. The van der Waals surface area contributed by atoms with Crippen molar-refractivity contribution in [3.63, 3.8) is 0 Å². The van der Waals surface area contributed by atoms with Crippen LogP contribution in [-0.2, 0) is 12.6 Å². The zero-order valence-electron chi connectivity index (χ0n) is 8.91. The van der Waals surface area contributed by atoms with Gasteiger partial charge in [0.2, 0.25) is 5.95 Å². The van der Waals surface area contributed by atoms with E-state index in [0.717, 1.165) is 11.8 Å². The van der Waals surface area contributed by atoms with Gasteiger partial charge in [0.1, 0.15) is 0 Å². The Morgan fingerprint density at radius 1 is 1.50 bits per heavy atom. The Morgan fingerprint density at radius 2 is 2.14 bits per heavy atom. The first-order chi connectivity index (χ1) is 6.57. The minimum absolute atomic E-state index is 0.336. The summed E-state index contributed by atoms with van der Waals surface area (Å²) in [4.78, 5) is 0. The van der Waals surface area contributed by atoms with Crippen LogP contribution in [0.15, 0.2) is 0 Å². The zero-order chi connectivity index (χ0) is 10.3. The lowest BCUT2D eigenvalue weighted by molar-refractivity contribution is 0.388. The summed E-state index contributed by atoms with van der Waals surface area (Å²) in [6, 6.07) is 0. The van der Waals surface area contributed by atoms with Gasteiger partial charge in [-0.2, -0.15) is 0 Å². The Hall–Kier alpha value is -1.10. The summed E-state index contributed by atoms with van der Waals surface area (Å²) in [5.74, 6) is 2.19. The number of nitrogens with two attached hydrogens (primary N) is 1. The normalized spacial score (nSPS) is 20.6. The van der Waals surface area contributed by atoms with Crippen LogP contribution in [0.4, 0.5) is 5.95 Å². The molecular formula is C9H17N5. The first-order valence-electron chi connectivity index (χ1n) is 4.94. The fourth-order valence-electron chi connectivity index (χ4n) is 1.88. The smallest absolute Gasteiger partial charge is 0.224 e. The van der Waals surface area contributed by atoms with Crippen molar-refractivity contribution in [2.24, 2.45) is 18.7 Å². The number of nitrogens with zero attached hydrogens (tertiary/aromatic N) is 3. The van der Waals surface area contributed by atoms with Gasteiger partial charge in [-0.25, -0.2) is 0 Å². The standard InChI is InChI=1S/C9H17N5/c1-9(10,6-4-5-6)7-12-13-8(11-2)14(7)3/h6H,4-5,10H2,1-3H3,(H,11,13). The molecule has 0 amide bonds. The first kappa shape index (κ1) is 9.45. The van der Waals surface area contributed by atoms with Crippen LogP contribution in [-0.4, -0.2) is 21.8 Å². The predicted molar refractivity (Wildman–Crippen MR) is 54.8 cm³/mol. The molecule has 1 aromatic heterocycles. The van der Waals surface area contributed by atoms with E-state index in [1.54, 1.807) is 0 Å². The van der Waals surface area contributed by atoms with Gasteiger partial charge < -0.3 is 11.1 Å². The molecule has 0 bridgehead atoms. The van der Waals surface area contributed by atoms with Crippen molar-refractivity contribution in [1.82, 2.24) is 14.8 Å². The molecule has 14 heavy (non-hydrogen) atoms. The van der Waals surface area contributed by atoms with Gasteiger partial charge in [-0.1, -0.05) is 0 Å². The molecule has 1 aliphatic carbocycles. The van der Waals surface area contributed by atoms with E-state index in [1.807, 2.05) is 25.6 Å². The maximum Gasteiger partial charge on any atom is 0.224 e. The van der Waals surface area contributed by atoms with Gasteiger partial charge in [-0.05, 0) is 25.7 Å². The summed E-state index contributed by atoms with van der Waals surface area (Å²) in [5, 5.41) is 11.2. The Bertz CT molecular complexity index is 337. The SMILES string of the molecule is CNc1nnc(C(C)(N)C2CC2)n1C. The van der Waals surface area contributed by atoms with Gasteiger partial charge in [0.25, 0.3) is 0 Å². The topological polar surface area (TPSA) is 68.8 Å². The van der Waals surface area contributed by atoms with Crippen molar-refractivity contribution < 1.29 is 0 Å². The fraction of sp³-hybridized carbons (Fsp3) is 0.778. The monoisotopic (exact) mass is 195 g/mol. The summed E-state index contributed by atoms with van der Waals surface area (Å²) >= 11 is 0. The van der Waals surface area contributed by atoms with Gasteiger partial charge in [0, 0.05) is 14.1 Å². The summed E-state index contributed by atoms with van der Waals surface area (Å²) in [7, 11) is 3.77. The van der Waals surface area contributed by atoms with Gasteiger partial charge in [0.05, 0.1) is 5.54 Å². The van der Waals surface area contributed by atoms with Crippen molar-refractivity contribution in [3.05, 3.63) is 5.82 Å². The van der Waals surface area contributed by atoms with Gasteiger partial charge in [-0.15, -0.1) is 10.2 Å². The minimum atomic E-state index is -0.336. The number of aromatic nitrogens is 3. The van der Waals surface area contributed by atoms with Gasteiger partial charge >= 0.3 is 0 Å². The van der Waals surface area contributed by atoms with Crippen LogP contribution in [0.1, 0.15) is 25.6 Å². The summed E-state index contributed by atoms with van der Waals surface area (Å²) in [6.45, 7) is 2.04. The molecule has 1 unspecified atom stereocenters. The molecule has 5 nitrogen and oxygen atoms in total. The average molecular weight is 195 g/mol. The van der Waals surface area contributed by atoms with Gasteiger partial charge in [0.15, 0.2) is 5.82 Å². The Labute approximate surface area is 83.7 Å². The average Bonchev–Trinajstić information content (AvgIpc) is 2.90. The summed E-state index contributed by atoms with van der Waals surface area (Å²) in [5.41, 5.74) is 5.92. The number of hydrogen-bond acceptors (Lipinski definition) is 4. The van der Waals surface area contributed by atoms with Crippen LogP contribution < -0.4 is 11.1 Å². The molecule has 1 aliphatic rings. The molecule has 0 spiro atoms. The fourth-order valence-corrected chi connectivity index (χ4v) is 1.88. The highest BCUT2D eigenvalue weighted by atomic mass is 15.4. The Balaban J connectivity index is 2.35. The van der Waals surface area contributed by atoms with Crippen LogP contribution in [0.3, 0.4) is 0 Å². The molecule has 5 heteroatoms. The lowest BCUT2D eigenvalue weighted by Crippen LogP contribution is -2.38. The molecule has 1 heterocycles. The third-order valence-corrected chi connectivity index (χ3v) is 3.01. The van der Waals surface area contributed by atoms with Crippen molar-refractivity contribution >= 4 is 5.95 Å². The van der Waals surface area contributed by atoms with Crippen LogP contribution in [0, 0.1) is 5.92 Å². The van der Waals surface area contributed by atoms with Crippen molar-refractivity contribution in [2.45, 2.75) is 25.3 Å². The molecule has 0 saturated heterocycles. The second-order valence-corrected chi connectivity index (χ2v) is 4.21. The van der Waals surface area contributed by atoms with E-state index in [2.05, 4.69) is 15.5 Å². The van der Waals surface area contributed by atoms with Crippen LogP contribution in [0.5, 0.6) is 0 Å². The molecular weight excluding hydrogens is 178 g/mol. The highest BCUT2D eigenvalue weighted by molar-refractivity contribution is 5.27. The molecule has 0 aliphatic heterocycles. The summed E-state index contributed by atoms with van der Waals surface area (Å²) in [6.07, 6.45) is 2.41. The van der Waals surface area contributed by atoms with Crippen LogP contribution in [0.25, 0.3) is 0 Å². The predicted octanol–water partition coefficient (Wildman–Crippen LogP) is 0.441. The number of rotatable bonds is 3. The Morgan fingerprint density at radius 3 is 2.57 bits per heavy atom. The molecule has 3 N–H and O–H groups in total. The molecule has 78 valence electrons. The quantitative estimate of drug-likeness (QED) is 0.734. The molecule has 1 aromatic rings. The van der Waals surface area contributed by atoms with Crippen LogP contribution in [0.2, 0.25) is 0 Å². The van der Waals surface area contributed by atoms with Crippen molar-refractivity contribution in [3.8, 4) is 0 Å².